The first-order valence-corrected chi connectivity index (χ1v) is 5.33. The van der Waals surface area contributed by atoms with E-state index in [1.807, 2.05) is 6.07 Å². The molecular formula is C14H14O4. The largest absolute Gasteiger partial charge is 0.464 e. The van der Waals surface area contributed by atoms with E-state index in [2.05, 4.69) is 11.3 Å². The van der Waals surface area contributed by atoms with E-state index in [-0.39, 0.29) is 12.4 Å². The molecule has 0 aliphatic heterocycles. The number of benzene rings is 1. The van der Waals surface area contributed by atoms with Crippen LogP contribution in [0.4, 0.5) is 0 Å². The van der Waals surface area contributed by atoms with E-state index in [4.69, 9.17) is 4.74 Å². The molecule has 4 heteroatoms. The zero-order valence-corrected chi connectivity index (χ0v) is 10.1. The van der Waals surface area contributed by atoms with Crippen LogP contribution in [0.25, 0.3) is 0 Å². The van der Waals surface area contributed by atoms with E-state index in [1.165, 1.54) is 0 Å². The summed E-state index contributed by atoms with van der Waals surface area (Å²) in [5.74, 6) is -0.233. The lowest BCUT2D eigenvalue weighted by molar-refractivity contribution is -0.127. The first-order chi connectivity index (χ1) is 8.65. The Morgan fingerprint density at radius 3 is 2.61 bits per heavy atom. The van der Waals surface area contributed by atoms with Crippen LogP contribution in [0.5, 0.6) is 0 Å². The molecule has 1 rings (SSSR count). The van der Waals surface area contributed by atoms with Gasteiger partial charge in [-0.25, -0.2) is 4.79 Å². The highest BCUT2D eigenvalue weighted by molar-refractivity contribution is 5.90. The molecule has 0 radical (unpaired) electrons. The molecule has 0 N–H and O–H groups in total. The molecule has 4 nitrogen and oxygen atoms in total. The maximum Gasteiger partial charge on any atom is 0.343 e. The molecule has 18 heavy (non-hydrogen) atoms. The van der Waals surface area contributed by atoms with Crippen LogP contribution >= 0.6 is 0 Å². The maximum absolute atomic E-state index is 11.7. The molecule has 1 aromatic carbocycles. The zero-order chi connectivity index (χ0) is 13.4. The molecule has 0 aliphatic rings. The average molecular weight is 246 g/mol. The van der Waals surface area contributed by atoms with Crippen molar-refractivity contribution in [2.24, 2.45) is 0 Å². The molecule has 0 aromatic heterocycles. The highest BCUT2D eigenvalue weighted by Gasteiger charge is 2.09. The van der Waals surface area contributed by atoms with Crippen LogP contribution in [0, 0.1) is 0 Å². The van der Waals surface area contributed by atoms with Gasteiger partial charge >= 0.3 is 5.97 Å². The molecule has 0 bridgehead atoms. The number of ether oxygens (including phenoxy) is 2. The average Bonchev–Trinajstić information content (AvgIpc) is 2.39. The van der Waals surface area contributed by atoms with Crippen LogP contribution in [-0.2, 0) is 14.3 Å². The Balaban J connectivity index is 2.57. The number of hydrogen-bond acceptors (Lipinski definition) is 4. The predicted molar refractivity (Wildman–Crippen MR) is 66.8 cm³/mol. The predicted octanol–water partition coefficient (Wildman–Crippen LogP) is 2.48. The fourth-order valence-corrected chi connectivity index (χ4v) is 1.15. The highest BCUT2D eigenvalue weighted by atomic mass is 16.5. The van der Waals surface area contributed by atoms with Gasteiger partial charge in [0.05, 0.1) is 5.56 Å². The molecule has 0 spiro atoms. The van der Waals surface area contributed by atoms with E-state index in [0.717, 1.165) is 0 Å². The van der Waals surface area contributed by atoms with Gasteiger partial charge in [0.1, 0.15) is 12.4 Å². The summed E-state index contributed by atoms with van der Waals surface area (Å²) in [5, 5.41) is 0. The lowest BCUT2D eigenvalue weighted by atomic mass is 10.2. The van der Waals surface area contributed by atoms with Crippen molar-refractivity contribution >= 4 is 12.4 Å². The Labute approximate surface area is 106 Å². The third-order valence-corrected chi connectivity index (χ3v) is 2.22. The van der Waals surface area contributed by atoms with Crippen LogP contribution in [0.1, 0.15) is 17.3 Å². The molecule has 0 saturated heterocycles. The van der Waals surface area contributed by atoms with E-state index in [0.29, 0.717) is 17.6 Å². The fourth-order valence-electron chi connectivity index (χ4n) is 1.15. The van der Waals surface area contributed by atoms with Crippen LogP contribution in [0.2, 0.25) is 0 Å². The number of carbonyl (C=O) groups is 2. The van der Waals surface area contributed by atoms with Gasteiger partial charge in [-0.3, -0.25) is 4.79 Å². The van der Waals surface area contributed by atoms with E-state index in [9.17, 15) is 9.59 Å². The van der Waals surface area contributed by atoms with E-state index >= 15 is 0 Å². The van der Waals surface area contributed by atoms with E-state index in [1.54, 1.807) is 37.3 Å². The second-order valence-corrected chi connectivity index (χ2v) is 3.50. The second-order valence-electron chi connectivity index (χ2n) is 3.50. The summed E-state index contributed by atoms with van der Waals surface area (Å²) in [6.45, 7) is 5.83. The SMILES string of the molecule is C=C(OC(=O)c1ccccc1)/C(C)=C/COC=O. The first kappa shape index (κ1) is 13.7. The normalized spacial score (nSPS) is 10.6. The van der Waals surface area contributed by atoms with Crippen molar-refractivity contribution in [1.29, 1.82) is 0 Å². The molecule has 94 valence electrons. The summed E-state index contributed by atoms with van der Waals surface area (Å²) in [5.41, 5.74) is 1.09. The number of hydrogen-bond donors (Lipinski definition) is 0. The summed E-state index contributed by atoms with van der Waals surface area (Å²) in [6.07, 6.45) is 1.61. The van der Waals surface area contributed by atoms with Gasteiger partial charge in [-0.05, 0) is 30.7 Å². The molecular weight excluding hydrogens is 232 g/mol. The van der Waals surface area contributed by atoms with Gasteiger partial charge in [0.15, 0.2) is 0 Å². The summed E-state index contributed by atoms with van der Waals surface area (Å²) < 4.78 is 9.59. The number of esters is 1. The van der Waals surface area contributed by atoms with Crippen LogP contribution in [0.15, 0.2) is 54.3 Å². The number of carbonyl (C=O) groups excluding carboxylic acids is 2. The highest BCUT2D eigenvalue weighted by Crippen LogP contribution is 2.11. The summed E-state index contributed by atoms with van der Waals surface area (Å²) in [4.78, 5) is 21.7. The van der Waals surface area contributed by atoms with Gasteiger partial charge in [-0.1, -0.05) is 24.8 Å². The Kier molecular flexibility index (Phi) is 5.38. The standard InChI is InChI=1S/C14H14O4/c1-11(8-9-17-10-15)12(2)18-14(16)13-6-4-3-5-7-13/h3-8,10H,2,9H2,1H3/b11-8+. The molecule has 0 unspecified atom stereocenters. The quantitative estimate of drug-likeness (QED) is 0.254. The summed E-state index contributed by atoms with van der Waals surface area (Å²) in [6, 6.07) is 8.63. The van der Waals surface area contributed by atoms with Gasteiger partial charge in [-0.15, -0.1) is 0 Å². The van der Waals surface area contributed by atoms with Crippen molar-refractivity contribution in [2.75, 3.05) is 6.61 Å². The smallest absolute Gasteiger partial charge is 0.343 e. The van der Waals surface area contributed by atoms with Crippen molar-refractivity contribution in [3.8, 4) is 0 Å². The fraction of sp³-hybridized carbons (Fsp3) is 0.143. The minimum absolute atomic E-state index is 0.122. The Morgan fingerprint density at radius 1 is 1.33 bits per heavy atom. The molecule has 0 heterocycles. The summed E-state index contributed by atoms with van der Waals surface area (Å²) in [7, 11) is 0. The lowest BCUT2D eigenvalue weighted by Gasteiger charge is -2.07. The first-order valence-electron chi connectivity index (χ1n) is 5.33. The number of rotatable bonds is 6. The van der Waals surface area contributed by atoms with Gasteiger partial charge in [-0.2, -0.15) is 0 Å². The van der Waals surface area contributed by atoms with Crippen LogP contribution in [-0.4, -0.2) is 19.0 Å². The molecule has 0 aliphatic carbocycles. The van der Waals surface area contributed by atoms with Crippen LogP contribution in [0.3, 0.4) is 0 Å². The lowest BCUT2D eigenvalue weighted by Crippen LogP contribution is -2.05. The Bertz CT molecular complexity index is 460. The minimum atomic E-state index is -0.468. The van der Waals surface area contributed by atoms with Crippen LogP contribution < -0.4 is 0 Å². The Hall–Kier alpha value is -2.36. The van der Waals surface area contributed by atoms with Crippen molar-refractivity contribution in [2.45, 2.75) is 6.92 Å². The third kappa shape index (κ3) is 4.25. The van der Waals surface area contributed by atoms with Crippen molar-refractivity contribution in [3.63, 3.8) is 0 Å². The van der Waals surface area contributed by atoms with Crippen molar-refractivity contribution in [1.82, 2.24) is 0 Å². The van der Waals surface area contributed by atoms with Gasteiger partial charge < -0.3 is 9.47 Å². The van der Waals surface area contributed by atoms with E-state index < -0.39 is 5.97 Å². The van der Waals surface area contributed by atoms with Gasteiger partial charge in [0.25, 0.3) is 6.47 Å². The zero-order valence-electron chi connectivity index (χ0n) is 10.1. The summed E-state index contributed by atoms with van der Waals surface area (Å²) >= 11 is 0. The minimum Gasteiger partial charge on any atom is -0.464 e. The van der Waals surface area contributed by atoms with Crippen molar-refractivity contribution in [3.05, 3.63) is 59.9 Å². The molecule has 1 aromatic rings. The van der Waals surface area contributed by atoms with Gasteiger partial charge in [0.2, 0.25) is 0 Å². The molecule has 0 amide bonds. The van der Waals surface area contributed by atoms with Crippen molar-refractivity contribution < 1.29 is 19.1 Å². The Morgan fingerprint density at radius 2 is 2.00 bits per heavy atom. The maximum atomic E-state index is 11.7. The molecule has 0 saturated carbocycles. The topological polar surface area (TPSA) is 52.6 Å². The molecule has 0 atom stereocenters. The third-order valence-electron chi connectivity index (χ3n) is 2.22. The monoisotopic (exact) mass is 246 g/mol. The molecule has 0 fully saturated rings. The second kappa shape index (κ2) is 7.06. The van der Waals surface area contributed by atoms with Gasteiger partial charge in [0, 0.05) is 0 Å². The number of allylic oxidation sites excluding steroid dienone is 1.